The molecule has 0 aliphatic carbocycles. The fraction of sp³-hybridized carbons (Fsp3) is 0.167. The predicted molar refractivity (Wildman–Crippen MR) is 69.5 cm³/mol. The average molecular weight is 250 g/mol. The maximum atomic E-state index is 11.6. The molecule has 0 saturated heterocycles. The Balaban J connectivity index is 2.48. The van der Waals surface area contributed by atoms with Crippen LogP contribution >= 0.6 is 11.6 Å². The molecule has 1 N–H and O–H groups in total. The summed E-state index contributed by atoms with van der Waals surface area (Å²) in [6.45, 7) is 0. The van der Waals surface area contributed by atoms with Gasteiger partial charge in [-0.2, -0.15) is 0 Å². The third-order valence-electron chi connectivity index (χ3n) is 2.36. The van der Waals surface area contributed by atoms with Crippen molar-refractivity contribution in [2.24, 2.45) is 0 Å². The third kappa shape index (κ3) is 2.31. The number of anilines is 1. The van der Waals surface area contributed by atoms with E-state index >= 15 is 0 Å². The first kappa shape index (κ1) is 11.7. The van der Waals surface area contributed by atoms with Crippen LogP contribution in [0.1, 0.15) is 0 Å². The van der Waals surface area contributed by atoms with E-state index in [9.17, 15) is 4.79 Å². The van der Waals surface area contributed by atoms with Crippen molar-refractivity contribution in [2.75, 3.05) is 19.4 Å². The van der Waals surface area contributed by atoms with Gasteiger partial charge < -0.3 is 10.2 Å². The minimum Gasteiger partial charge on any atom is -0.331 e. The number of hydrogen-bond acceptors (Lipinski definition) is 2. The zero-order chi connectivity index (χ0) is 12.4. The summed E-state index contributed by atoms with van der Waals surface area (Å²) in [4.78, 5) is 17.3. The number of urea groups is 1. The zero-order valence-corrected chi connectivity index (χ0v) is 10.3. The highest BCUT2D eigenvalue weighted by atomic mass is 35.5. The third-order valence-corrected chi connectivity index (χ3v) is 2.69. The Morgan fingerprint density at radius 1 is 1.35 bits per heavy atom. The van der Waals surface area contributed by atoms with E-state index in [4.69, 9.17) is 11.6 Å². The van der Waals surface area contributed by atoms with Gasteiger partial charge in [-0.25, -0.2) is 4.79 Å². The van der Waals surface area contributed by atoms with Gasteiger partial charge >= 0.3 is 6.03 Å². The number of fused-ring (bicyclic) bond motifs is 1. The maximum absolute atomic E-state index is 11.6. The van der Waals surface area contributed by atoms with Gasteiger partial charge in [-0.3, -0.25) is 4.98 Å². The first-order valence-electron chi connectivity index (χ1n) is 5.11. The monoisotopic (exact) mass is 249 g/mol. The molecule has 0 aliphatic rings. The minimum absolute atomic E-state index is 0.195. The Kier molecular flexibility index (Phi) is 3.15. The average Bonchev–Trinajstić information content (AvgIpc) is 2.33. The molecule has 1 aromatic heterocycles. The summed E-state index contributed by atoms with van der Waals surface area (Å²) in [5, 5.41) is 4.22. The molecular formula is C12H12ClN3O. The van der Waals surface area contributed by atoms with Crippen molar-refractivity contribution in [3.05, 3.63) is 35.5 Å². The van der Waals surface area contributed by atoms with Crippen LogP contribution in [0.15, 0.2) is 30.5 Å². The molecule has 0 fully saturated rings. The van der Waals surface area contributed by atoms with Gasteiger partial charge in [0.15, 0.2) is 0 Å². The number of carbonyl (C=O) groups is 1. The SMILES string of the molecule is CN(C)C(=O)Nc1ccc(Cl)c2cccnc12. The van der Waals surface area contributed by atoms with Crippen LogP contribution < -0.4 is 5.32 Å². The lowest BCUT2D eigenvalue weighted by Crippen LogP contribution is -2.27. The number of benzene rings is 1. The van der Waals surface area contributed by atoms with E-state index in [1.165, 1.54) is 4.90 Å². The van der Waals surface area contributed by atoms with Crippen molar-refractivity contribution in [3.8, 4) is 0 Å². The Bertz CT molecular complexity index is 569. The molecule has 0 atom stereocenters. The molecule has 2 amide bonds. The number of carbonyl (C=O) groups excluding carboxylic acids is 1. The molecule has 2 aromatic rings. The van der Waals surface area contributed by atoms with Crippen molar-refractivity contribution < 1.29 is 4.79 Å². The molecule has 0 aliphatic heterocycles. The van der Waals surface area contributed by atoms with Crippen molar-refractivity contribution in [1.29, 1.82) is 0 Å². The van der Waals surface area contributed by atoms with E-state index < -0.39 is 0 Å². The first-order valence-corrected chi connectivity index (χ1v) is 5.49. The van der Waals surface area contributed by atoms with Crippen molar-refractivity contribution in [3.63, 3.8) is 0 Å². The molecule has 0 spiro atoms. The summed E-state index contributed by atoms with van der Waals surface area (Å²) in [6, 6.07) is 6.98. The van der Waals surface area contributed by atoms with Crippen LogP contribution in [0.25, 0.3) is 10.9 Å². The molecule has 0 bridgehead atoms. The molecular weight excluding hydrogens is 238 g/mol. The molecule has 88 valence electrons. The van der Waals surface area contributed by atoms with Crippen molar-refractivity contribution in [2.45, 2.75) is 0 Å². The standard InChI is InChI=1S/C12H12ClN3O/c1-16(2)12(17)15-10-6-5-9(13)8-4-3-7-14-11(8)10/h3-7H,1-2H3,(H,15,17). The van der Waals surface area contributed by atoms with E-state index in [0.29, 0.717) is 16.2 Å². The first-order chi connectivity index (χ1) is 8.09. The summed E-state index contributed by atoms with van der Waals surface area (Å²) in [6.07, 6.45) is 1.67. The highest BCUT2D eigenvalue weighted by Crippen LogP contribution is 2.27. The molecule has 1 aromatic carbocycles. The van der Waals surface area contributed by atoms with Crippen LogP contribution in [-0.2, 0) is 0 Å². The second-order valence-electron chi connectivity index (χ2n) is 3.82. The summed E-state index contributed by atoms with van der Waals surface area (Å²) in [7, 11) is 3.36. The fourth-order valence-electron chi connectivity index (χ4n) is 1.47. The Labute approximate surface area is 104 Å². The van der Waals surface area contributed by atoms with E-state index in [2.05, 4.69) is 10.3 Å². The summed E-state index contributed by atoms with van der Waals surface area (Å²) in [5.41, 5.74) is 1.35. The lowest BCUT2D eigenvalue weighted by atomic mass is 10.2. The number of nitrogens with zero attached hydrogens (tertiary/aromatic N) is 2. The second kappa shape index (κ2) is 4.59. The van der Waals surface area contributed by atoms with Gasteiger partial charge in [0.2, 0.25) is 0 Å². The van der Waals surface area contributed by atoms with E-state index in [1.54, 1.807) is 32.4 Å². The van der Waals surface area contributed by atoms with Gasteiger partial charge in [0.05, 0.1) is 16.2 Å². The van der Waals surface area contributed by atoms with Gasteiger partial charge in [-0.1, -0.05) is 11.6 Å². The van der Waals surface area contributed by atoms with Gasteiger partial charge in [-0.05, 0) is 24.3 Å². The van der Waals surface area contributed by atoms with E-state index in [1.807, 2.05) is 12.1 Å². The highest BCUT2D eigenvalue weighted by molar-refractivity contribution is 6.35. The van der Waals surface area contributed by atoms with Crippen LogP contribution in [0.5, 0.6) is 0 Å². The largest absolute Gasteiger partial charge is 0.331 e. The van der Waals surface area contributed by atoms with Crippen LogP contribution in [0, 0.1) is 0 Å². The molecule has 0 saturated carbocycles. The smallest absolute Gasteiger partial charge is 0.321 e. The van der Waals surface area contributed by atoms with Crippen molar-refractivity contribution in [1.82, 2.24) is 9.88 Å². The second-order valence-corrected chi connectivity index (χ2v) is 4.23. The normalized spacial score (nSPS) is 10.3. The topological polar surface area (TPSA) is 45.2 Å². The van der Waals surface area contributed by atoms with Crippen LogP contribution in [0.3, 0.4) is 0 Å². The predicted octanol–water partition coefficient (Wildman–Crippen LogP) is 2.98. The molecule has 4 nitrogen and oxygen atoms in total. The number of rotatable bonds is 1. The zero-order valence-electron chi connectivity index (χ0n) is 9.57. The Hall–Kier alpha value is -1.81. The maximum Gasteiger partial charge on any atom is 0.321 e. The highest BCUT2D eigenvalue weighted by Gasteiger charge is 2.09. The number of amides is 2. The quantitative estimate of drug-likeness (QED) is 0.845. The lowest BCUT2D eigenvalue weighted by Gasteiger charge is -2.13. The molecule has 1 heterocycles. The fourth-order valence-corrected chi connectivity index (χ4v) is 1.68. The number of pyridine rings is 1. The van der Waals surface area contributed by atoms with Crippen LogP contribution in [0.4, 0.5) is 10.5 Å². The summed E-state index contributed by atoms with van der Waals surface area (Å²) in [5.74, 6) is 0. The minimum atomic E-state index is -0.195. The molecule has 2 rings (SSSR count). The van der Waals surface area contributed by atoms with Crippen LogP contribution in [-0.4, -0.2) is 30.0 Å². The Morgan fingerprint density at radius 2 is 2.12 bits per heavy atom. The number of hydrogen-bond donors (Lipinski definition) is 1. The van der Waals surface area contributed by atoms with E-state index in [-0.39, 0.29) is 6.03 Å². The van der Waals surface area contributed by atoms with Crippen LogP contribution in [0.2, 0.25) is 5.02 Å². The van der Waals surface area contributed by atoms with Gasteiger partial charge in [0.1, 0.15) is 0 Å². The van der Waals surface area contributed by atoms with Gasteiger partial charge in [0.25, 0.3) is 0 Å². The summed E-state index contributed by atoms with van der Waals surface area (Å²) >= 11 is 6.06. The molecule has 5 heteroatoms. The lowest BCUT2D eigenvalue weighted by molar-refractivity contribution is 0.231. The molecule has 17 heavy (non-hydrogen) atoms. The Morgan fingerprint density at radius 3 is 2.82 bits per heavy atom. The van der Waals surface area contributed by atoms with Gasteiger partial charge in [-0.15, -0.1) is 0 Å². The van der Waals surface area contributed by atoms with Gasteiger partial charge in [0, 0.05) is 25.7 Å². The van der Waals surface area contributed by atoms with E-state index in [0.717, 1.165) is 5.39 Å². The summed E-state index contributed by atoms with van der Waals surface area (Å²) < 4.78 is 0. The molecule has 0 radical (unpaired) electrons. The number of aromatic nitrogens is 1. The van der Waals surface area contributed by atoms with Crippen molar-refractivity contribution >= 4 is 34.2 Å². The number of halogens is 1. The number of nitrogens with one attached hydrogen (secondary N) is 1. The molecule has 0 unspecified atom stereocenters.